The van der Waals surface area contributed by atoms with Crippen LogP contribution in [0.3, 0.4) is 0 Å². The van der Waals surface area contributed by atoms with Gasteiger partial charge in [0.2, 0.25) is 10.0 Å². The zero-order valence-corrected chi connectivity index (χ0v) is 15.3. The lowest BCUT2D eigenvalue weighted by Crippen LogP contribution is -2.31. The summed E-state index contributed by atoms with van der Waals surface area (Å²) in [6, 6.07) is 15.5. The van der Waals surface area contributed by atoms with Crippen LogP contribution in [-0.2, 0) is 15.8 Å². The van der Waals surface area contributed by atoms with Gasteiger partial charge in [-0.15, -0.1) is 12.4 Å². The maximum atomic E-state index is 13.0. The highest BCUT2D eigenvalue weighted by molar-refractivity contribution is 7.88. The first kappa shape index (κ1) is 19.8. The van der Waals surface area contributed by atoms with E-state index in [4.69, 9.17) is 5.73 Å². The SMILES string of the molecule is Cl.NC[C@@H]1CN(S(=O)(=O)Cc2ccc(F)cc2)C[C@H]1c1ccccc1. The van der Waals surface area contributed by atoms with Crippen molar-refractivity contribution in [2.24, 2.45) is 11.7 Å². The molecule has 1 saturated heterocycles. The van der Waals surface area contributed by atoms with Crippen molar-refractivity contribution in [2.45, 2.75) is 11.7 Å². The van der Waals surface area contributed by atoms with Crippen molar-refractivity contribution >= 4 is 22.4 Å². The Morgan fingerprint density at radius 1 is 1.04 bits per heavy atom. The first-order valence-electron chi connectivity index (χ1n) is 7.97. The highest BCUT2D eigenvalue weighted by Gasteiger charge is 2.38. The molecule has 0 radical (unpaired) electrons. The first-order chi connectivity index (χ1) is 11.5. The van der Waals surface area contributed by atoms with Crippen LogP contribution in [0.15, 0.2) is 54.6 Å². The zero-order valence-electron chi connectivity index (χ0n) is 13.7. The lowest BCUT2D eigenvalue weighted by Gasteiger charge is -2.17. The van der Waals surface area contributed by atoms with Gasteiger partial charge in [-0.25, -0.2) is 17.1 Å². The Labute approximate surface area is 154 Å². The van der Waals surface area contributed by atoms with Gasteiger partial charge in [-0.3, -0.25) is 0 Å². The van der Waals surface area contributed by atoms with E-state index in [1.54, 1.807) is 0 Å². The predicted molar refractivity (Wildman–Crippen MR) is 99.6 cm³/mol. The molecule has 0 amide bonds. The van der Waals surface area contributed by atoms with Crippen LogP contribution in [0.5, 0.6) is 0 Å². The Morgan fingerprint density at radius 2 is 1.68 bits per heavy atom. The molecule has 2 N–H and O–H groups in total. The van der Waals surface area contributed by atoms with Crippen LogP contribution in [-0.4, -0.2) is 32.4 Å². The molecule has 4 nitrogen and oxygen atoms in total. The molecule has 0 bridgehead atoms. The summed E-state index contributed by atoms with van der Waals surface area (Å²) in [5, 5.41) is 0. The first-order valence-corrected chi connectivity index (χ1v) is 9.58. The molecule has 0 unspecified atom stereocenters. The molecule has 1 aliphatic heterocycles. The van der Waals surface area contributed by atoms with Gasteiger partial charge in [-0.2, -0.15) is 0 Å². The molecule has 7 heteroatoms. The standard InChI is InChI=1S/C18H21FN2O2S.ClH/c19-17-8-6-14(7-9-17)13-24(22,23)21-11-16(10-20)18(12-21)15-4-2-1-3-5-15;/h1-9,16,18H,10-13,20H2;1H/t16-,18+;/m1./s1. The number of halogens is 2. The smallest absolute Gasteiger partial charge is 0.218 e. The summed E-state index contributed by atoms with van der Waals surface area (Å²) in [4.78, 5) is 0. The van der Waals surface area contributed by atoms with Gasteiger partial charge in [0, 0.05) is 19.0 Å². The molecule has 1 heterocycles. The summed E-state index contributed by atoms with van der Waals surface area (Å²) in [6.07, 6.45) is 0. The minimum Gasteiger partial charge on any atom is -0.330 e. The third-order valence-corrected chi connectivity index (χ3v) is 6.38. The normalized spacial score (nSPS) is 21.0. The molecule has 2 aromatic rings. The van der Waals surface area contributed by atoms with Gasteiger partial charge in [0.15, 0.2) is 0 Å². The van der Waals surface area contributed by atoms with Crippen molar-refractivity contribution < 1.29 is 12.8 Å². The Kier molecular flexibility index (Phi) is 6.57. The minimum atomic E-state index is -3.45. The number of rotatable bonds is 5. The van der Waals surface area contributed by atoms with Gasteiger partial charge >= 0.3 is 0 Å². The molecule has 25 heavy (non-hydrogen) atoms. The summed E-state index contributed by atoms with van der Waals surface area (Å²) in [6.45, 7) is 1.32. The summed E-state index contributed by atoms with van der Waals surface area (Å²) in [5.41, 5.74) is 7.58. The van der Waals surface area contributed by atoms with Crippen LogP contribution in [0.2, 0.25) is 0 Å². The molecule has 1 fully saturated rings. The molecule has 2 aromatic carbocycles. The van der Waals surface area contributed by atoms with Crippen molar-refractivity contribution in [3.63, 3.8) is 0 Å². The van der Waals surface area contributed by atoms with Gasteiger partial charge in [0.25, 0.3) is 0 Å². The van der Waals surface area contributed by atoms with Crippen LogP contribution in [0, 0.1) is 11.7 Å². The topological polar surface area (TPSA) is 63.4 Å². The highest BCUT2D eigenvalue weighted by Crippen LogP contribution is 2.34. The number of nitrogens with zero attached hydrogens (tertiary/aromatic N) is 1. The zero-order chi connectivity index (χ0) is 17.2. The quantitative estimate of drug-likeness (QED) is 0.862. The number of hydrogen-bond donors (Lipinski definition) is 1. The minimum absolute atomic E-state index is 0. The van der Waals surface area contributed by atoms with Gasteiger partial charge in [0.1, 0.15) is 5.82 Å². The van der Waals surface area contributed by atoms with Crippen molar-refractivity contribution in [2.75, 3.05) is 19.6 Å². The molecule has 3 rings (SSSR count). The summed E-state index contributed by atoms with van der Waals surface area (Å²) < 4.78 is 39.9. The second kappa shape index (κ2) is 8.27. The van der Waals surface area contributed by atoms with Crippen LogP contribution in [0.4, 0.5) is 4.39 Å². The van der Waals surface area contributed by atoms with Crippen molar-refractivity contribution in [1.82, 2.24) is 4.31 Å². The van der Waals surface area contributed by atoms with Crippen molar-refractivity contribution in [3.05, 3.63) is 71.5 Å². The third-order valence-electron chi connectivity index (χ3n) is 4.59. The average molecular weight is 385 g/mol. The molecule has 136 valence electrons. The largest absolute Gasteiger partial charge is 0.330 e. The summed E-state index contributed by atoms with van der Waals surface area (Å²) >= 11 is 0. The molecule has 0 aromatic heterocycles. The number of hydrogen-bond acceptors (Lipinski definition) is 3. The second-order valence-corrected chi connectivity index (χ2v) is 8.18. The van der Waals surface area contributed by atoms with Crippen LogP contribution in [0.25, 0.3) is 0 Å². The van der Waals surface area contributed by atoms with E-state index in [1.165, 1.54) is 28.6 Å². The third kappa shape index (κ3) is 4.58. The van der Waals surface area contributed by atoms with Gasteiger partial charge < -0.3 is 5.73 Å². The Hall–Kier alpha value is -1.47. The van der Waals surface area contributed by atoms with E-state index < -0.39 is 10.0 Å². The lowest BCUT2D eigenvalue weighted by atomic mass is 9.89. The van der Waals surface area contributed by atoms with E-state index in [-0.39, 0.29) is 35.8 Å². The number of nitrogens with two attached hydrogens (primary N) is 1. The molecular formula is C18H22ClFN2O2S. The Balaban J connectivity index is 0.00000225. The number of sulfonamides is 1. The van der Waals surface area contributed by atoms with Crippen molar-refractivity contribution in [1.29, 1.82) is 0 Å². The van der Waals surface area contributed by atoms with Crippen LogP contribution >= 0.6 is 12.4 Å². The van der Waals surface area contributed by atoms with E-state index in [0.717, 1.165) is 5.56 Å². The lowest BCUT2D eigenvalue weighted by molar-refractivity contribution is 0.458. The van der Waals surface area contributed by atoms with Gasteiger partial charge in [-0.1, -0.05) is 42.5 Å². The fourth-order valence-electron chi connectivity index (χ4n) is 3.26. The van der Waals surface area contributed by atoms with E-state index >= 15 is 0 Å². The molecule has 2 atom stereocenters. The Morgan fingerprint density at radius 3 is 2.28 bits per heavy atom. The van der Waals surface area contributed by atoms with E-state index in [9.17, 15) is 12.8 Å². The van der Waals surface area contributed by atoms with E-state index in [1.807, 2.05) is 30.3 Å². The molecular weight excluding hydrogens is 363 g/mol. The molecule has 1 aliphatic rings. The van der Waals surface area contributed by atoms with Crippen LogP contribution < -0.4 is 5.73 Å². The van der Waals surface area contributed by atoms with Crippen LogP contribution in [0.1, 0.15) is 17.0 Å². The summed E-state index contributed by atoms with van der Waals surface area (Å²) in [5.74, 6) is -0.272. The van der Waals surface area contributed by atoms with Gasteiger partial charge in [-0.05, 0) is 35.7 Å². The second-order valence-electron chi connectivity index (χ2n) is 6.21. The van der Waals surface area contributed by atoms with E-state index in [0.29, 0.717) is 25.2 Å². The van der Waals surface area contributed by atoms with Gasteiger partial charge in [0.05, 0.1) is 5.75 Å². The monoisotopic (exact) mass is 384 g/mol. The van der Waals surface area contributed by atoms with Crippen molar-refractivity contribution in [3.8, 4) is 0 Å². The Bertz CT molecular complexity index is 784. The maximum absolute atomic E-state index is 13.0. The summed E-state index contributed by atoms with van der Waals surface area (Å²) in [7, 11) is -3.45. The number of benzene rings is 2. The maximum Gasteiger partial charge on any atom is 0.218 e. The average Bonchev–Trinajstić information content (AvgIpc) is 3.03. The molecule has 0 aliphatic carbocycles. The predicted octanol–water partition coefficient (Wildman–Crippen LogP) is 2.75. The highest BCUT2D eigenvalue weighted by atomic mass is 35.5. The molecule has 0 saturated carbocycles. The van der Waals surface area contributed by atoms with E-state index in [2.05, 4.69) is 0 Å². The molecule has 0 spiro atoms. The fraction of sp³-hybridized carbons (Fsp3) is 0.333. The fourth-order valence-corrected chi connectivity index (χ4v) is 4.86.